The van der Waals surface area contributed by atoms with Crippen LogP contribution in [0.3, 0.4) is 0 Å². The molecule has 3 heterocycles. The van der Waals surface area contributed by atoms with Crippen molar-refractivity contribution in [2.75, 3.05) is 26.2 Å². The maximum Gasteiger partial charge on any atom is 0.252 e. The zero-order valence-corrected chi connectivity index (χ0v) is 19.8. The number of nitrogens with one attached hydrogen (secondary N) is 2. The van der Waals surface area contributed by atoms with E-state index in [0.29, 0.717) is 10.8 Å². The van der Waals surface area contributed by atoms with E-state index in [1.165, 1.54) is 17.3 Å². The Morgan fingerprint density at radius 3 is 2.53 bits per heavy atom. The number of amides is 2. The minimum absolute atomic E-state index is 0.184. The van der Waals surface area contributed by atoms with E-state index in [0.717, 1.165) is 27.8 Å². The second-order valence-electron chi connectivity index (χ2n) is 7.60. The second kappa shape index (κ2) is 9.22. The first-order chi connectivity index (χ1) is 15.3. The molecule has 1 aliphatic heterocycles. The van der Waals surface area contributed by atoms with E-state index < -0.39 is 16.1 Å². The molecular weight excluding hydrogens is 472 g/mol. The van der Waals surface area contributed by atoms with Crippen molar-refractivity contribution < 1.29 is 18.0 Å². The fraction of sp³-hybridized carbons (Fsp3) is 0.333. The summed E-state index contributed by atoms with van der Waals surface area (Å²) in [7, 11) is -3.64. The summed E-state index contributed by atoms with van der Waals surface area (Å²) < 4.78 is 27.6. The molecule has 1 atom stereocenters. The quantitative estimate of drug-likeness (QED) is 0.549. The number of aromatic nitrogens is 1. The molecule has 1 saturated heterocycles. The third-order valence-electron chi connectivity index (χ3n) is 5.47. The van der Waals surface area contributed by atoms with Crippen molar-refractivity contribution in [2.24, 2.45) is 0 Å². The minimum Gasteiger partial charge on any atom is -0.361 e. The molecule has 1 aromatic carbocycles. The minimum atomic E-state index is -3.64. The number of carbonyl (C=O) groups is 2. The van der Waals surface area contributed by atoms with Crippen LogP contribution in [-0.4, -0.2) is 66.6 Å². The number of benzene rings is 1. The molecule has 11 heteroatoms. The Kier molecular flexibility index (Phi) is 6.57. The third-order valence-corrected chi connectivity index (χ3v) is 9.06. The van der Waals surface area contributed by atoms with Crippen molar-refractivity contribution in [3.05, 3.63) is 52.5 Å². The van der Waals surface area contributed by atoms with Gasteiger partial charge in [-0.1, -0.05) is 29.8 Å². The van der Waals surface area contributed by atoms with Crippen LogP contribution in [-0.2, 0) is 26.0 Å². The highest BCUT2D eigenvalue weighted by molar-refractivity contribution is 7.91. The van der Waals surface area contributed by atoms with Crippen LogP contribution < -0.4 is 5.32 Å². The van der Waals surface area contributed by atoms with Gasteiger partial charge in [0.25, 0.3) is 10.0 Å². The number of sulfonamides is 1. The van der Waals surface area contributed by atoms with Gasteiger partial charge in [-0.15, -0.1) is 11.3 Å². The Morgan fingerprint density at radius 1 is 1.16 bits per heavy atom. The lowest BCUT2D eigenvalue weighted by molar-refractivity contribution is -0.137. The predicted octanol–water partition coefficient (Wildman–Crippen LogP) is 2.46. The first-order valence-corrected chi connectivity index (χ1v) is 12.8. The molecule has 0 spiro atoms. The number of nitrogens with zero attached hydrogens (tertiary/aromatic N) is 2. The van der Waals surface area contributed by atoms with E-state index in [9.17, 15) is 18.0 Å². The summed E-state index contributed by atoms with van der Waals surface area (Å²) in [5, 5.41) is 3.76. The fourth-order valence-corrected chi connectivity index (χ4v) is 6.96. The Balaban J connectivity index is 1.46. The molecule has 8 nitrogen and oxygen atoms in total. The number of carbonyl (C=O) groups excluding carboxylic acids is 2. The number of H-pyrrole nitrogens is 1. The van der Waals surface area contributed by atoms with E-state index in [1.807, 2.05) is 30.5 Å². The number of hydrogen-bond donors (Lipinski definition) is 2. The average Bonchev–Trinajstić information content (AvgIpc) is 3.39. The normalized spacial score (nSPS) is 16.2. The van der Waals surface area contributed by atoms with E-state index >= 15 is 0 Å². The van der Waals surface area contributed by atoms with E-state index in [1.54, 1.807) is 11.0 Å². The van der Waals surface area contributed by atoms with Gasteiger partial charge < -0.3 is 15.2 Å². The van der Waals surface area contributed by atoms with Gasteiger partial charge in [0.15, 0.2) is 0 Å². The summed E-state index contributed by atoms with van der Waals surface area (Å²) in [5.41, 5.74) is 1.90. The molecule has 1 aliphatic rings. The van der Waals surface area contributed by atoms with Crippen LogP contribution in [0.15, 0.2) is 46.8 Å². The van der Waals surface area contributed by atoms with Crippen molar-refractivity contribution in [1.29, 1.82) is 0 Å². The smallest absolute Gasteiger partial charge is 0.252 e. The first-order valence-electron chi connectivity index (χ1n) is 10.1. The Morgan fingerprint density at radius 2 is 1.88 bits per heavy atom. The molecular formula is C21H23ClN4O4S2. The van der Waals surface area contributed by atoms with Crippen LogP contribution in [0.25, 0.3) is 10.9 Å². The van der Waals surface area contributed by atoms with Gasteiger partial charge in [0.05, 0.1) is 4.34 Å². The molecule has 0 bridgehead atoms. The SMILES string of the molecule is CC(=O)NC(Cc1c[nH]c2ccccc12)C(=O)N1CCN(S(=O)(=O)c2ccc(Cl)s2)CC1. The highest BCUT2D eigenvalue weighted by Crippen LogP contribution is 2.28. The van der Waals surface area contributed by atoms with Gasteiger partial charge in [-0.3, -0.25) is 9.59 Å². The molecule has 2 aromatic heterocycles. The molecule has 170 valence electrons. The van der Waals surface area contributed by atoms with Crippen LogP contribution in [0.1, 0.15) is 12.5 Å². The van der Waals surface area contributed by atoms with Gasteiger partial charge in [0.2, 0.25) is 11.8 Å². The maximum absolute atomic E-state index is 13.2. The van der Waals surface area contributed by atoms with Crippen LogP contribution in [0, 0.1) is 0 Å². The van der Waals surface area contributed by atoms with Gasteiger partial charge >= 0.3 is 0 Å². The van der Waals surface area contributed by atoms with Crippen LogP contribution in [0.4, 0.5) is 0 Å². The first kappa shape index (κ1) is 22.8. The number of hydrogen-bond acceptors (Lipinski definition) is 5. The van der Waals surface area contributed by atoms with Crippen molar-refractivity contribution in [2.45, 2.75) is 23.6 Å². The molecule has 3 aromatic rings. The molecule has 4 rings (SSSR count). The monoisotopic (exact) mass is 494 g/mol. The number of rotatable bonds is 6. The average molecular weight is 495 g/mol. The van der Waals surface area contributed by atoms with Gasteiger partial charge in [-0.05, 0) is 23.8 Å². The zero-order valence-electron chi connectivity index (χ0n) is 17.4. The molecule has 0 aliphatic carbocycles. The van der Waals surface area contributed by atoms with Crippen molar-refractivity contribution in [3.8, 4) is 0 Å². The van der Waals surface area contributed by atoms with Gasteiger partial charge in [-0.2, -0.15) is 4.31 Å². The molecule has 2 amide bonds. The summed E-state index contributed by atoms with van der Waals surface area (Å²) in [6.07, 6.45) is 2.19. The highest BCUT2D eigenvalue weighted by Gasteiger charge is 2.33. The largest absolute Gasteiger partial charge is 0.361 e. The summed E-state index contributed by atoms with van der Waals surface area (Å²) in [4.78, 5) is 29.8. The topological polar surface area (TPSA) is 103 Å². The molecule has 32 heavy (non-hydrogen) atoms. The molecule has 0 radical (unpaired) electrons. The van der Waals surface area contributed by atoms with Crippen LogP contribution in [0.5, 0.6) is 0 Å². The lowest BCUT2D eigenvalue weighted by atomic mass is 10.0. The lowest BCUT2D eigenvalue weighted by Crippen LogP contribution is -2.56. The van der Waals surface area contributed by atoms with E-state index in [2.05, 4.69) is 10.3 Å². The second-order valence-corrected chi connectivity index (χ2v) is 11.5. The van der Waals surface area contributed by atoms with Gasteiger partial charge in [0.1, 0.15) is 10.3 Å². The third kappa shape index (κ3) is 4.68. The van der Waals surface area contributed by atoms with Crippen molar-refractivity contribution >= 4 is 55.7 Å². The van der Waals surface area contributed by atoms with Crippen LogP contribution in [0.2, 0.25) is 4.34 Å². The Hall–Kier alpha value is -2.40. The number of aromatic amines is 1. The molecule has 1 unspecified atom stereocenters. The van der Waals surface area contributed by atoms with Gasteiger partial charge in [-0.25, -0.2) is 8.42 Å². The number of fused-ring (bicyclic) bond motifs is 1. The summed E-state index contributed by atoms with van der Waals surface area (Å²) in [5.74, 6) is -0.513. The van der Waals surface area contributed by atoms with Gasteiger partial charge in [0, 0.05) is 56.6 Å². The predicted molar refractivity (Wildman–Crippen MR) is 124 cm³/mol. The maximum atomic E-state index is 13.2. The van der Waals surface area contributed by atoms with E-state index in [4.69, 9.17) is 11.6 Å². The fourth-order valence-electron chi connectivity index (χ4n) is 3.90. The van der Waals surface area contributed by atoms with Crippen molar-refractivity contribution in [1.82, 2.24) is 19.5 Å². The Labute approximate surface area is 195 Å². The Bertz CT molecular complexity index is 1250. The number of para-hydroxylation sites is 1. The molecule has 2 N–H and O–H groups in total. The summed E-state index contributed by atoms with van der Waals surface area (Å²) >= 11 is 6.90. The lowest BCUT2D eigenvalue weighted by Gasteiger charge is -2.35. The number of halogens is 1. The molecule has 0 saturated carbocycles. The number of thiophene rings is 1. The van der Waals surface area contributed by atoms with Crippen LogP contribution >= 0.6 is 22.9 Å². The highest BCUT2D eigenvalue weighted by atomic mass is 35.5. The number of piperazine rings is 1. The summed E-state index contributed by atoms with van der Waals surface area (Å²) in [6.45, 7) is 2.25. The summed E-state index contributed by atoms with van der Waals surface area (Å²) in [6, 6.07) is 10.1. The van der Waals surface area contributed by atoms with Crippen molar-refractivity contribution in [3.63, 3.8) is 0 Å². The molecule has 1 fully saturated rings. The standard InChI is InChI=1S/C21H23ClN4O4S2/c1-14(27)24-18(12-15-13-23-17-5-3-2-4-16(15)17)21(28)25-8-10-26(11-9-25)32(29,30)20-7-6-19(22)31-20/h2-7,13,18,23H,8-12H2,1H3,(H,24,27). The van der Waals surface area contributed by atoms with E-state index in [-0.39, 0.29) is 42.2 Å². The zero-order chi connectivity index (χ0) is 22.9.